The van der Waals surface area contributed by atoms with Crippen molar-refractivity contribution in [3.63, 3.8) is 0 Å². The molecule has 0 bridgehead atoms. The summed E-state index contributed by atoms with van der Waals surface area (Å²) in [5, 5.41) is 0. The number of carbonyl (C=O) groups excluding carboxylic acids is 1. The topological polar surface area (TPSA) is 80.5 Å². The number of nitrogens with zero attached hydrogens (tertiary/aromatic N) is 1. The van der Waals surface area contributed by atoms with Crippen molar-refractivity contribution in [2.45, 2.75) is 4.90 Å². The highest BCUT2D eigenvalue weighted by Crippen LogP contribution is 2.14. The second kappa shape index (κ2) is 5.21. The Bertz CT molecular complexity index is 670. The van der Waals surface area contributed by atoms with Gasteiger partial charge in [-0.15, -0.1) is 0 Å². The normalized spacial score (nSPS) is 11.0. The summed E-state index contributed by atoms with van der Waals surface area (Å²) in [7, 11) is -4.02. The summed E-state index contributed by atoms with van der Waals surface area (Å²) in [5.74, 6) is 4.68. The molecule has 2 aromatic rings. The fourth-order valence-corrected chi connectivity index (χ4v) is 2.58. The standard InChI is InChI=1S/C13H12N2O3S/c14-15(13(16)11-7-3-1-4-8-11)19(17,18)12-9-5-2-6-10-12/h1-10H,14H2. The Morgan fingerprint density at radius 1 is 0.895 bits per heavy atom. The first-order valence-corrected chi connectivity index (χ1v) is 6.92. The van der Waals surface area contributed by atoms with Crippen molar-refractivity contribution in [3.05, 3.63) is 66.2 Å². The average molecular weight is 276 g/mol. The second-order valence-corrected chi connectivity index (χ2v) is 5.60. The molecule has 0 spiro atoms. The van der Waals surface area contributed by atoms with E-state index in [1.165, 1.54) is 24.3 Å². The lowest BCUT2D eigenvalue weighted by molar-refractivity contribution is 0.0861. The van der Waals surface area contributed by atoms with Crippen LogP contribution in [0.25, 0.3) is 0 Å². The molecule has 0 fully saturated rings. The van der Waals surface area contributed by atoms with Gasteiger partial charge in [-0.3, -0.25) is 4.79 Å². The van der Waals surface area contributed by atoms with E-state index in [0.29, 0.717) is 0 Å². The van der Waals surface area contributed by atoms with E-state index >= 15 is 0 Å². The number of hydrogen-bond donors (Lipinski definition) is 1. The molecule has 2 rings (SSSR count). The van der Waals surface area contributed by atoms with Gasteiger partial charge >= 0.3 is 0 Å². The van der Waals surface area contributed by atoms with Crippen LogP contribution in [0.4, 0.5) is 0 Å². The van der Waals surface area contributed by atoms with Crippen LogP contribution in [0.3, 0.4) is 0 Å². The molecule has 19 heavy (non-hydrogen) atoms. The SMILES string of the molecule is NN(C(=O)c1ccccc1)S(=O)(=O)c1ccccc1. The Kier molecular flexibility index (Phi) is 3.64. The quantitative estimate of drug-likeness (QED) is 0.522. The molecule has 6 heteroatoms. The lowest BCUT2D eigenvalue weighted by atomic mass is 10.2. The zero-order valence-corrected chi connectivity index (χ0v) is 10.7. The van der Waals surface area contributed by atoms with Crippen LogP contribution in [0.15, 0.2) is 65.6 Å². The second-order valence-electron chi connectivity index (χ2n) is 3.79. The fraction of sp³-hybridized carbons (Fsp3) is 0. The van der Waals surface area contributed by atoms with E-state index < -0.39 is 15.9 Å². The molecule has 0 saturated carbocycles. The first-order valence-electron chi connectivity index (χ1n) is 5.48. The molecule has 0 unspecified atom stereocenters. The van der Waals surface area contributed by atoms with Crippen molar-refractivity contribution in [2.24, 2.45) is 5.84 Å². The maximum atomic E-state index is 12.1. The Morgan fingerprint density at radius 2 is 1.37 bits per heavy atom. The molecule has 1 amide bonds. The molecule has 0 aliphatic heterocycles. The van der Waals surface area contributed by atoms with E-state index in [0.717, 1.165) is 0 Å². The van der Waals surface area contributed by atoms with Gasteiger partial charge in [-0.2, -0.15) is 12.8 Å². The van der Waals surface area contributed by atoms with E-state index in [4.69, 9.17) is 5.84 Å². The summed E-state index contributed by atoms with van der Waals surface area (Å²) in [6.07, 6.45) is 0. The van der Waals surface area contributed by atoms with Crippen LogP contribution in [0.2, 0.25) is 0 Å². The third-order valence-electron chi connectivity index (χ3n) is 2.52. The summed E-state index contributed by atoms with van der Waals surface area (Å²) >= 11 is 0. The number of carbonyl (C=O) groups is 1. The van der Waals surface area contributed by atoms with Gasteiger partial charge < -0.3 is 0 Å². The number of amides is 1. The number of hydrazine groups is 1. The molecule has 5 nitrogen and oxygen atoms in total. The van der Waals surface area contributed by atoms with Crippen molar-refractivity contribution < 1.29 is 13.2 Å². The highest BCUT2D eigenvalue weighted by Gasteiger charge is 2.26. The van der Waals surface area contributed by atoms with Gasteiger partial charge in [-0.05, 0) is 24.3 Å². The van der Waals surface area contributed by atoms with Crippen LogP contribution in [0, 0.1) is 0 Å². The summed E-state index contributed by atoms with van der Waals surface area (Å²) in [4.78, 5) is 12.0. The van der Waals surface area contributed by atoms with Gasteiger partial charge in [0.25, 0.3) is 15.9 Å². The van der Waals surface area contributed by atoms with Gasteiger partial charge in [0.05, 0.1) is 4.90 Å². The summed E-state index contributed by atoms with van der Waals surface area (Å²) < 4.78 is 24.5. The number of hydrogen-bond acceptors (Lipinski definition) is 4. The molecule has 0 atom stereocenters. The molecule has 0 aromatic heterocycles. The van der Waals surface area contributed by atoms with Crippen LogP contribution in [-0.4, -0.2) is 18.7 Å². The highest BCUT2D eigenvalue weighted by atomic mass is 32.2. The van der Waals surface area contributed by atoms with Gasteiger partial charge in [0.2, 0.25) is 0 Å². The van der Waals surface area contributed by atoms with Crippen molar-refractivity contribution in [2.75, 3.05) is 0 Å². The molecule has 0 saturated heterocycles. The maximum Gasteiger partial charge on any atom is 0.282 e. The van der Waals surface area contributed by atoms with Crippen LogP contribution in [-0.2, 0) is 10.0 Å². The smallest absolute Gasteiger partial charge is 0.266 e. The Hall–Kier alpha value is -2.18. The minimum absolute atomic E-state index is 0.0261. The zero-order valence-electron chi connectivity index (χ0n) is 9.93. The van der Waals surface area contributed by atoms with E-state index in [2.05, 4.69) is 0 Å². The molecule has 0 aliphatic rings. The molecular weight excluding hydrogens is 264 g/mol. The van der Waals surface area contributed by atoms with Crippen molar-refractivity contribution in [1.82, 2.24) is 4.41 Å². The lowest BCUT2D eigenvalue weighted by Crippen LogP contribution is -2.42. The lowest BCUT2D eigenvalue weighted by Gasteiger charge is -2.16. The molecule has 2 aromatic carbocycles. The minimum Gasteiger partial charge on any atom is -0.266 e. The molecule has 0 radical (unpaired) electrons. The fourth-order valence-electron chi connectivity index (χ4n) is 1.52. The first kappa shape index (κ1) is 13.3. The monoisotopic (exact) mass is 276 g/mol. The molecule has 2 N–H and O–H groups in total. The van der Waals surface area contributed by atoms with Gasteiger partial charge in [0.15, 0.2) is 0 Å². The third kappa shape index (κ3) is 2.64. The van der Waals surface area contributed by atoms with Crippen LogP contribution in [0.1, 0.15) is 10.4 Å². The zero-order chi connectivity index (χ0) is 13.9. The van der Waals surface area contributed by atoms with Crippen LogP contribution < -0.4 is 5.84 Å². The number of benzene rings is 2. The van der Waals surface area contributed by atoms with E-state index in [-0.39, 0.29) is 14.9 Å². The Morgan fingerprint density at radius 3 is 1.89 bits per heavy atom. The van der Waals surface area contributed by atoms with Gasteiger partial charge in [-0.25, -0.2) is 5.84 Å². The number of sulfonamides is 1. The predicted molar refractivity (Wildman–Crippen MR) is 70.4 cm³/mol. The van der Waals surface area contributed by atoms with Crippen molar-refractivity contribution >= 4 is 15.9 Å². The van der Waals surface area contributed by atoms with Crippen LogP contribution in [0.5, 0.6) is 0 Å². The minimum atomic E-state index is -4.02. The predicted octanol–water partition coefficient (Wildman–Crippen LogP) is 1.39. The summed E-state index contributed by atoms with van der Waals surface area (Å²) in [6.45, 7) is 0. The van der Waals surface area contributed by atoms with E-state index in [1.807, 2.05) is 0 Å². The largest absolute Gasteiger partial charge is 0.282 e. The van der Waals surface area contributed by atoms with Gasteiger partial charge in [0, 0.05) is 5.56 Å². The first-order chi connectivity index (χ1) is 9.03. The van der Waals surface area contributed by atoms with Gasteiger partial charge in [-0.1, -0.05) is 36.4 Å². The van der Waals surface area contributed by atoms with Crippen molar-refractivity contribution in [3.8, 4) is 0 Å². The maximum absolute atomic E-state index is 12.1. The van der Waals surface area contributed by atoms with E-state index in [1.54, 1.807) is 36.4 Å². The highest BCUT2D eigenvalue weighted by molar-refractivity contribution is 7.89. The molecule has 98 valence electrons. The number of nitrogens with two attached hydrogens (primary N) is 1. The molecular formula is C13H12N2O3S. The number of rotatable bonds is 3. The average Bonchev–Trinajstić information content (AvgIpc) is 2.47. The van der Waals surface area contributed by atoms with E-state index in [9.17, 15) is 13.2 Å². The van der Waals surface area contributed by atoms with Crippen LogP contribution >= 0.6 is 0 Å². The third-order valence-corrected chi connectivity index (χ3v) is 4.07. The Labute approximate surface area is 111 Å². The Balaban J connectivity index is 2.35. The molecule has 0 aliphatic carbocycles. The summed E-state index contributed by atoms with van der Waals surface area (Å²) in [6, 6.07) is 15.6. The van der Waals surface area contributed by atoms with Gasteiger partial charge in [0.1, 0.15) is 0 Å². The van der Waals surface area contributed by atoms with Crippen molar-refractivity contribution in [1.29, 1.82) is 0 Å². The molecule has 0 heterocycles. The summed E-state index contributed by atoms with van der Waals surface area (Å²) in [5.41, 5.74) is 0.213.